The first kappa shape index (κ1) is 18.8. The van der Waals surface area contributed by atoms with Crippen LogP contribution in [-0.2, 0) is 11.3 Å². The first-order valence-corrected chi connectivity index (χ1v) is 10.5. The van der Waals surface area contributed by atoms with E-state index in [9.17, 15) is 9.90 Å². The summed E-state index contributed by atoms with van der Waals surface area (Å²) >= 11 is 0. The lowest BCUT2D eigenvalue weighted by Gasteiger charge is -2.40. The minimum Gasteiger partial charge on any atom is -0.508 e. The normalized spacial score (nSPS) is 31.2. The first-order valence-electron chi connectivity index (χ1n) is 10.5. The lowest BCUT2D eigenvalue weighted by molar-refractivity contribution is -0.138. The number of phenols is 1. The number of aromatic hydroxyl groups is 1. The quantitative estimate of drug-likeness (QED) is 0.873. The number of rotatable bonds is 3. The second-order valence-corrected chi connectivity index (χ2v) is 10.4. The van der Waals surface area contributed by atoms with E-state index >= 15 is 0 Å². The van der Waals surface area contributed by atoms with Gasteiger partial charge in [-0.05, 0) is 62.1 Å². The van der Waals surface area contributed by atoms with Crippen LogP contribution in [0, 0.1) is 16.7 Å². The summed E-state index contributed by atoms with van der Waals surface area (Å²) in [7, 11) is 0. The molecule has 1 aromatic carbocycles. The van der Waals surface area contributed by atoms with Crippen LogP contribution >= 0.6 is 0 Å². The van der Waals surface area contributed by atoms with Crippen molar-refractivity contribution in [2.45, 2.75) is 65.5 Å². The van der Waals surface area contributed by atoms with Gasteiger partial charge in [0, 0.05) is 30.6 Å². The Balaban J connectivity index is 1.35. The van der Waals surface area contributed by atoms with Crippen molar-refractivity contribution in [3.05, 3.63) is 29.8 Å². The highest BCUT2D eigenvalue weighted by atomic mass is 16.3. The molecule has 2 bridgehead atoms. The van der Waals surface area contributed by atoms with Gasteiger partial charge in [0.15, 0.2) is 0 Å². The molecule has 4 heteroatoms. The van der Waals surface area contributed by atoms with Crippen LogP contribution in [0.2, 0.25) is 0 Å². The van der Waals surface area contributed by atoms with Gasteiger partial charge in [-0.25, -0.2) is 0 Å². The molecule has 1 aliphatic carbocycles. The van der Waals surface area contributed by atoms with Crippen molar-refractivity contribution in [2.24, 2.45) is 16.7 Å². The van der Waals surface area contributed by atoms with Crippen LogP contribution in [0.3, 0.4) is 0 Å². The van der Waals surface area contributed by atoms with Crippen molar-refractivity contribution in [1.82, 2.24) is 9.80 Å². The number of benzene rings is 1. The summed E-state index contributed by atoms with van der Waals surface area (Å²) in [6.07, 6.45) is 5.46. The fourth-order valence-corrected chi connectivity index (χ4v) is 6.18. The Morgan fingerprint density at radius 3 is 2.56 bits per heavy atom. The molecule has 2 heterocycles. The molecule has 2 saturated heterocycles. The van der Waals surface area contributed by atoms with Crippen molar-refractivity contribution < 1.29 is 9.90 Å². The smallest absolute Gasteiger partial charge is 0.226 e. The predicted octanol–water partition coefficient (Wildman–Crippen LogP) is 4.03. The Hall–Kier alpha value is -1.55. The molecule has 1 amide bonds. The predicted molar refractivity (Wildman–Crippen MR) is 107 cm³/mol. The summed E-state index contributed by atoms with van der Waals surface area (Å²) < 4.78 is 0. The van der Waals surface area contributed by atoms with Gasteiger partial charge in [-0.1, -0.05) is 39.0 Å². The maximum absolute atomic E-state index is 13.3. The van der Waals surface area contributed by atoms with Gasteiger partial charge in [-0.3, -0.25) is 9.69 Å². The highest BCUT2D eigenvalue weighted by Gasteiger charge is 2.51. The number of phenolic OH excluding ortho intramolecular Hbond substituents is 1. The average molecular weight is 371 g/mol. The SMILES string of the molecule is CC1(C)C[C@@H]2C[C@](C)(CN2C(=O)C2CCN(Cc3ccccc3O)CC2)C1. The van der Waals surface area contributed by atoms with Crippen LogP contribution in [0.1, 0.15) is 58.4 Å². The van der Waals surface area contributed by atoms with E-state index in [1.54, 1.807) is 6.07 Å². The van der Waals surface area contributed by atoms with E-state index in [2.05, 4.69) is 30.6 Å². The zero-order valence-electron chi connectivity index (χ0n) is 17.1. The second kappa shape index (κ2) is 6.80. The number of hydrogen-bond acceptors (Lipinski definition) is 3. The second-order valence-electron chi connectivity index (χ2n) is 10.4. The molecule has 3 fully saturated rings. The molecule has 0 radical (unpaired) electrons. The van der Waals surface area contributed by atoms with Gasteiger partial charge in [0.2, 0.25) is 5.91 Å². The molecule has 1 N–H and O–H groups in total. The minimum atomic E-state index is 0.177. The third-order valence-electron chi connectivity index (χ3n) is 7.02. The monoisotopic (exact) mass is 370 g/mol. The van der Waals surface area contributed by atoms with Crippen molar-refractivity contribution in [3.8, 4) is 5.75 Å². The molecule has 27 heavy (non-hydrogen) atoms. The summed E-state index contributed by atoms with van der Waals surface area (Å²) in [4.78, 5) is 17.9. The maximum atomic E-state index is 13.3. The van der Waals surface area contributed by atoms with Crippen LogP contribution in [0.4, 0.5) is 0 Å². The van der Waals surface area contributed by atoms with Crippen LogP contribution in [0.15, 0.2) is 24.3 Å². The van der Waals surface area contributed by atoms with Gasteiger partial charge in [-0.15, -0.1) is 0 Å². The van der Waals surface area contributed by atoms with Crippen LogP contribution in [0.25, 0.3) is 0 Å². The number of fused-ring (bicyclic) bond motifs is 2. The number of likely N-dealkylation sites (tertiary alicyclic amines) is 2. The number of carbonyl (C=O) groups excluding carboxylic acids is 1. The molecule has 2 atom stereocenters. The lowest BCUT2D eigenvalue weighted by Crippen LogP contribution is -2.44. The minimum absolute atomic E-state index is 0.177. The van der Waals surface area contributed by atoms with Gasteiger partial charge in [-0.2, -0.15) is 0 Å². The molecule has 0 spiro atoms. The van der Waals surface area contributed by atoms with E-state index in [1.807, 2.05) is 18.2 Å². The van der Waals surface area contributed by atoms with Gasteiger partial charge >= 0.3 is 0 Å². The van der Waals surface area contributed by atoms with E-state index in [4.69, 9.17) is 0 Å². The molecule has 3 aliphatic rings. The third kappa shape index (κ3) is 3.87. The van der Waals surface area contributed by atoms with Crippen LogP contribution in [-0.4, -0.2) is 46.5 Å². The van der Waals surface area contributed by atoms with E-state index < -0.39 is 0 Å². The molecule has 2 aliphatic heterocycles. The number of hydrogen-bond donors (Lipinski definition) is 1. The average Bonchev–Trinajstić information content (AvgIpc) is 2.86. The highest BCUT2D eigenvalue weighted by molar-refractivity contribution is 5.79. The summed E-state index contributed by atoms with van der Waals surface area (Å²) in [6, 6.07) is 8.01. The van der Waals surface area contributed by atoms with E-state index in [-0.39, 0.29) is 5.92 Å². The highest BCUT2D eigenvalue weighted by Crippen LogP contribution is 2.52. The zero-order valence-corrected chi connectivity index (χ0v) is 17.1. The van der Waals surface area contributed by atoms with Crippen LogP contribution in [0.5, 0.6) is 5.75 Å². The number of piperidine rings is 1. The molecule has 0 aromatic heterocycles. The topological polar surface area (TPSA) is 43.8 Å². The molecule has 4 rings (SSSR count). The number of para-hydroxylation sites is 1. The standard InChI is InChI=1S/C23H34N2O2/c1-22(2)12-19-13-23(3,15-22)16-25(19)21(27)17-8-10-24(11-9-17)14-18-6-4-5-7-20(18)26/h4-7,17,19,26H,8-16H2,1-3H3/t19-,23+/m1/s1. The largest absolute Gasteiger partial charge is 0.508 e. The Labute approximate surface area is 163 Å². The zero-order chi connectivity index (χ0) is 19.2. The number of carbonyl (C=O) groups is 1. The fourth-order valence-electron chi connectivity index (χ4n) is 6.18. The number of amides is 1. The summed E-state index contributed by atoms with van der Waals surface area (Å²) in [5.74, 6) is 0.955. The van der Waals surface area contributed by atoms with Gasteiger partial charge < -0.3 is 10.0 Å². The third-order valence-corrected chi connectivity index (χ3v) is 7.02. The Morgan fingerprint density at radius 1 is 1.15 bits per heavy atom. The van der Waals surface area contributed by atoms with Crippen molar-refractivity contribution in [2.75, 3.05) is 19.6 Å². The summed E-state index contributed by atoms with van der Waals surface area (Å²) in [5.41, 5.74) is 1.65. The number of nitrogens with zero attached hydrogens (tertiary/aromatic N) is 2. The van der Waals surface area contributed by atoms with Gasteiger partial charge in [0.1, 0.15) is 5.75 Å². The molecular weight excluding hydrogens is 336 g/mol. The molecular formula is C23H34N2O2. The Kier molecular flexibility index (Phi) is 4.74. The molecule has 148 valence electrons. The van der Waals surface area contributed by atoms with Gasteiger partial charge in [0.25, 0.3) is 0 Å². The Morgan fingerprint density at radius 2 is 1.85 bits per heavy atom. The van der Waals surface area contributed by atoms with Gasteiger partial charge in [0.05, 0.1) is 0 Å². The van der Waals surface area contributed by atoms with Crippen molar-refractivity contribution >= 4 is 5.91 Å². The lowest BCUT2D eigenvalue weighted by atomic mass is 9.65. The van der Waals surface area contributed by atoms with E-state index in [0.717, 1.165) is 51.0 Å². The Bertz CT molecular complexity index is 708. The van der Waals surface area contributed by atoms with Crippen LogP contribution < -0.4 is 0 Å². The first-order chi connectivity index (χ1) is 12.7. The van der Waals surface area contributed by atoms with E-state index in [0.29, 0.717) is 28.5 Å². The summed E-state index contributed by atoms with van der Waals surface area (Å²) in [5, 5.41) is 9.99. The van der Waals surface area contributed by atoms with Crippen molar-refractivity contribution in [3.63, 3.8) is 0 Å². The maximum Gasteiger partial charge on any atom is 0.226 e. The van der Waals surface area contributed by atoms with E-state index in [1.165, 1.54) is 12.8 Å². The van der Waals surface area contributed by atoms with Crippen molar-refractivity contribution in [1.29, 1.82) is 0 Å². The molecule has 1 saturated carbocycles. The fraction of sp³-hybridized carbons (Fsp3) is 0.696. The summed E-state index contributed by atoms with van der Waals surface area (Å²) in [6.45, 7) is 10.7. The molecule has 0 unspecified atom stereocenters. The molecule has 1 aromatic rings. The molecule has 4 nitrogen and oxygen atoms in total.